The molecule has 2 heterocycles. The number of nitrogens with one attached hydrogen (secondary N) is 1. The first kappa shape index (κ1) is 20.8. The number of carbonyl (C=O) groups is 1. The summed E-state index contributed by atoms with van der Waals surface area (Å²) in [6, 6.07) is 13.4. The molecule has 0 saturated heterocycles. The molecule has 4 rings (SSSR count). The fraction of sp³-hybridized carbons (Fsp3) is 0.0500. The summed E-state index contributed by atoms with van der Waals surface area (Å²) in [6.07, 6.45) is 0. The number of carboxylic acids is 1. The van der Waals surface area contributed by atoms with Crippen LogP contribution in [0.15, 0.2) is 54.6 Å². The van der Waals surface area contributed by atoms with Gasteiger partial charge in [-0.3, -0.25) is 20.2 Å². The van der Waals surface area contributed by atoms with Crippen molar-refractivity contribution >= 4 is 44.0 Å². The molecule has 0 radical (unpaired) electrons. The van der Waals surface area contributed by atoms with Gasteiger partial charge in [0.15, 0.2) is 5.82 Å². The minimum atomic E-state index is -1.07. The van der Waals surface area contributed by atoms with Crippen LogP contribution in [0.1, 0.15) is 15.9 Å². The molecule has 0 saturated carbocycles. The van der Waals surface area contributed by atoms with E-state index in [9.17, 15) is 25.0 Å². The number of aromatic carboxylic acids is 1. The van der Waals surface area contributed by atoms with Crippen molar-refractivity contribution < 1.29 is 19.7 Å². The monoisotopic (exact) mass is 451 g/mol. The zero-order valence-corrected chi connectivity index (χ0v) is 16.9. The minimum absolute atomic E-state index is 0.0532. The molecule has 0 amide bonds. The van der Waals surface area contributed by atoms with Crippen LogP contribution in [0.5, 0.6) is 0 Å². The molecule has 0 aliphatic heterocycles. The molecular weight excluding hydrogens is 438 g/mol. The van der Waals surface area contributed by atoms with Gasteiger partial charge in [0.2, 0.25) is 0 Å². The largest absolute Gasteiger partial charge is 0.478 e. The molecule has 0 atom stereocenters. The third-order valence-corrected chi connectivity index (χ3v) is 5.51. The second kappa shape index (κ2) is 8.35. The number of thiophene rings is 1. The van der Waals surface area contributed by atoms with E-state index in [1.165, 1.54) is 30.3 Å². The summed E-state index contributed by atoms with van der Waals surface area (Å²) in [4.78, 5) is 41.6. The number of nitro groups is 2. The third kappa shape index (κ3) is 4.20. The Morgan fingerprint density at radius 2 is 1.78 bits per heavy atom. The number of benzene rings is 2. The molecular formula is C20H13N5O6S. The first-order valence-corrected chi connectivity index (χ1v) is 9.90. The Bertz CT molecular complexity index is 1370. The lowest BCUT2D eigenvalue weighted by atomic mass is 10.1. The number of hydrogen-bond donors (Lipinski definition) is 2. The van der Waals surface area contributed by atoms with Crippen LogP contribution >= 0.6 is 11.3 Å². The Morgan fingerprint density at radius 1 is 1.03 bits per heavy atom. The van der Waals surface area contributed by atoms with Crippen molar-refractivity contribution in [2.24, 2.45) is 0 Å². The molecule has 11 nitrogen and oxygen atoms in total. The predicted octanol–water partition coefficient (Wildman–Crippen LogP) is 4.49. The van der Waals surface area contributed by atoms with Gasteiger partial charge in [-0.2, -0.15) is 0 Å². The van der Waals surface area contributed by atoms with Gasteiger partial charge in [0.1, 0.15) is 10.6 Å². The number of hydrogen-bond acceptors (Lipinski definition) is 9. The maximum absolute atomic E-state index is 11.2. The van der Waals surface area contributed by atoms with Gasteiger partial charge in [-0.1, -0.05) is 24.3 Å². The van der Waals surface area contributed by atoms with Crippen molar-refractivity contribution in [1.29, 1.82) is 0 Å². The van der Waals surface area contributed by atoms with Crippen molar-refractivity contribution in [1.82, 2.24) is 9.97 Å². The van der Waals surface area contributed by atoms with Gasteiger partial charge >= 0.3 is 11.0 Å². The van der Waals surface area contributed by atoms with Gasteiger partial charge < -0.3 is 10.4 Å². The smallest absolute Gasteiger partial charge is 0.335 e. The van der Waals surface area contributed by atoms with Gasteiger partial charge in [0.25, 0.3) is 5.69 Å². The molecule has 0 unspecified atom stereocenters. The van der Waals surface area contributed by atoms with E-state index in [1.54, 1.807) is 24.3 Å². The van der Waals surface area contributed by atoms with Crippen LogP contribution in [-0.4, -0.2) is 30.9 Å². The second-order valence-electron chi connectivity index (χ2n) is 6.62. The van der Waals surface area contributed by atoms with Crippen molar-refractivity contribution in [3.63, 3.8) is 0 Å². The molecule has 2 N–H and O–H groups in total. The van der Waals surface area contributed by atoms with E-state index < -0.39 is 15.8 Å². The molecule has 0 aliphatic carbocycles. The van der Waals surface area contributed by atoms with Gasteiger partial charge in [-0.15, -0.1) is 0 Å². The van der Waals surface area contributed by atoms with Crippen LogP contribution in [0.3, 0.4) is 0 Å². The Hall–Kier alpha value is -4.45. The van der Waals surface area contributed by atoms with Gasteiger partial charge in [-0.25, -0.2) is 14.8 Å². The number of rotatable bonds is 7. The number of carboxylic acid groups (broad SMARTS) is 1. The normalized spacial score (nSPS) is 10.8. The Labute approximate surface area is 183 Å². The number of anilines is 1. The van der Waals surface area contributed by atoms with Gasteiger partial charge in [0.05, 0.1) is 20.8 Å². The standard InChI is InChI=1S/C20H13N5O6S/c26-20(27)13-6-4-12(5-7-13)17-22-18(15-9-16(25(30)31)32-19(15)23-17)21-10-11-2-1-3-14(8-11)24(28)29/h1-9H,10H2,(H,26,27)(H,21,22,23). The number of nitro benzene ring substituents is 1. The predicted molar refractivity (Wildman–Crippen MR) is 117 cm³/mol. The van der Waals surface area contributed by atoms with Crippen molar-refractivity contribution in [3.8, 4) is 11.4 Å². The van der Waals surface area contributed by atoms with E-state index >= 15 is 0 Å². The quantitative estimate of drug-likeness (QED) is 0.304. The highest BCUT2D eigenvalue weighted by Crippen LogP contribution is 2.35. The summed E-state index contributed by atoms with van der Waals surface area (Å²) < 4.78 is 0. The Morgan fingerprint density at radius 3 is 2.44 bits per heavy atom. The summed E-state index contributed by atoms with van der Waals surface area (Å²) in [5.41, 5.74) is 1.21. The molecule has 0 fully saturated rings. The van der Waals surface area contributed by atoms with Crippen LogP contribution in [-0.2, 0) is 6.54 Å². The number of aromatic nitrogens is 2. The molecule has 4 aromatic rings. The van der Waals surface area contributed by atoms with E-state index in [1.807, 2.05) is 0 Å². The van der Waals surface area contributed by atoms with E-state index in [0.29, 0.717) is 27.2 Å². The lowest BCUT2D eigenvalue weighted by Crippen LogP contribution is -2.04. The number of nitrogens with zero attached hydrogens (tertiary/aromatic N) is 4. The molecule has 2 aromatic heterocycles. The first-order valence-electron chi connectivity index (χ1n) is 9.09. The van der Waals surface area contributed by atoms with Gasteiger partial charge in [0, 0.05) is 30.3 Å². The van der Waals surface area contributed by atoms with Crippen molar-refractivity contribution in [2.75, 3.05) is 5.32 Å². The highest BCUT2D eigenvalue weighted by Gasteiger charge is 2.18. The average molecular weight is 451 g/mol. The second-order valence-corrected chi connectivity index (χ2v) is 7.63. The highest BCUT2D eigenvalue weighted by molar-refractivity contribution is 7.21. The SMILES string of the molecule is O=C(O)c1ccc(-c2nc(NCc3cccc([N+](=O)[O-])c3)c3cc([N+](=O)[O-])sc3n2)cc1. The average Bonchev–Trinajstić information content (AvgIpc) is 3.22. The van der Waals surface area contributed by atoms with Gasteiger partial charge in [-0.05, 0) is 29.0 Å². The van der Waals surface area contributed by atoms with E-state index in [4.69, 9.17) is 5.11 Å². The molecule has 32 heavy (non-hydrogen) atoms. The summed E-state index contributed by atoms with van der Waals surface area (Å²) in [6.45, 7) is 0.189. The zero-order chi connectivity index (χ0) is 22.8. The third-order valence-electron chi connectivity index (χ3n) is 4.53. The van der Waals surface area contributed by atoms with Crippen molar-refractivity contribution in [3.05, 3.63) is 86.0 Å². The summed E-state index contributed by atoms with van der Waals surface area (Å²) in [5.74, 6) is -0.489. The van der Waals surface area contributed by atoms with Crippen LogP contribution < -0.4 is 5.32 Å². The molecule has 12 heteroatoms. The molecule has 160 valence electrons. The summed E-state index contributed by atoms with van der Waals surface area (Å²) in [7, 11) is 0. The van der Waals surface area contributed by atoms with E-state index in [2.05, 4.69) is 15.3 Å². The topological polar surface area (TPSA) is 161 Å². The van der Waals surface area contributed by atoms with Crippen LogP contribution in [0, 0.1) is 20.2 Å². The number of fused-ring (bicyclic) bond motifs is 1. The summed E-state index contributed by atoms with van der Waals surface area (Å²) in [5, 5.41) is 34.7. The minimum Gasteiger partial charge on any atom is -0.478 e. The number of non-ortho nitro benzene ring substituents is 1. The maximum atomic E-state index is 11.2. The lowest BCUT2D eigenvalue weighted by molar-refractivity contribution is -0.384. The Kier molecular flexibility index (Phi) is 5.43. The first-order chi connectivity index (χ1) is 15.3. The molecule has 0 aliphatic rings. The van der Waals surface area contributed by atoms with E-state index in [0.717, 1.165) is 11.3 Å². The fourth-order valence-corrected chi connectivity index (χ4v) is 3.84. The van der Waals surface area contributed by atoms with Crippen molar-refractivity contribution in [2.45, 2.75) is 6.54 Å². The molecule has 0 bridgehead atoms. The lowest BCUT2D eigenvalue weighted by Gasteiger charge is -2.09. The van der Waals surface area contributed by atoms with Crippen LogP contribution in [0.2, 0.25) is 0 Å². The molecule has 0 spiro atoms. The maximum Gasteiger partial charge on any atom is 0.335 e. The Balaban J connectivity index is 1.74. The highest BCUT2D eigenvalue weighted by atomic mass is 32.1. The van der Waals surface area contributed by atoms with Crippen LogP contribution in [0.4, 0.5) is 16.5 Å². The molecule has 2 aromatic carbocycles. The summed E-state index contributed by atoms with van der Waals surface area (Å²) >= 11 is 0.891. The van der Waals surface area contributed by atoms with E-state index in [-0.39, 0.29) is 28.6 Å². The fourth-order valence-electron chi connectivity index (χ4n) is 2.99. The van der Waals surface area contributed by atoms with Crippen LogP contribution in [0.25, 0.3) is 21.6 Å². The zero-order valence-electron chi connectivity index (χ0n) is 16.1.